The van der Waals surface area contributed by atoms with Gasteiger partial charge in [-0.3, -0.25) is 4.79 Å². The summed E-state index contributed by atoms with van der Waals surface area (Å²) < 4.78 is 5.16. The van der Waals surface area contributed by atoms with Crippen LogP contribution < -0.4 is 15.4 Å². The lowest BCUT2D eigenvalue weighted by Gasteiger charge is -2.08. The quantitative estimate of drug-likeness (QED) is 0.820. The number of amides is 1. The summed E-state index contributed by atoms with van der Waals surface area (Å²) in [6.45, 7) is 2.05. The van der Waals surface area contributed by atoms with Gasteiger partial charge in [0.15, 0.2) is 11.6 Å². The zero-order chi connectivity index (χ0) is 15.8. The van der Waals surface area contributed by atoms with E-state index in [9.17, 15) is 4.79 Å². The molecule has 6 heteroatoms. The van der Waals surface area contributed by atoms with Crippen molar-refractivity contribution in [2.45, 2.75) is 26.2 Å². The molecule has 0 saturated carbocycles. The fourth-order valence-corrected chi connectivity index (χ4v) is 1.86. The Bertz CT molecular complexity index is 614. The van der Waals surface area contributed by atoms with E-state index in [0.717, 1.165) is 24.3 Å². The molecule has 0 bridgehead atoms. The number of hydrogen-bond donors (Lipinski definition) is 2. The van der Waals surface area contributed by atoms with Crippen LogP contribution in [0.25, 0.3) is 0 Å². The van der Waals surface area contributed by atoms with Gasteiger partial charge in [0.25, 0.3) is 0 Å². The molecule has 0 radical (unpaired) electrons. The molecular formula is C16H20N4O2. The van der Waals surface area contributed by atoms with Gasteiger partial charge >= 0.3 is 0 Å². The van der Waals surface area contributed by atoms with Gasteiger partial charge in [-0.2, -0.15) is 0 Å². The van der Waals surface area contributed by atoms with E-state index in [1.54, 1.807) is 19.2 Å². The summed E-state index contributed by atoms with van der Waals surface area (Å²) in [6, 6.07) is 11.0. The minimum Gasteiger partial charge on any atom is -0.497 e. The topological polar surface area (TPSA) is 76.1 Å². The third-order valence-electron chi connectivity index (χ3n) is 3.03. The van der Waals surface area contributed by atoms with Crippen LogP contribution in [-0.4, -0.2) is 23.2 Å². The van der Waals surface area contributed by atoms with Crippen molar-refractivity contribution >= 4 is 23.2 Å². The third kappa shape index (κ3) is 4.73. The first kappa shape index (κ1) is 15.8. The second-order valence-corrected chi connectivity index (χ2v) is 4.81. The van der Waals surface area contributed by atoms with Crippen LogP contribution in [0.2, 0.25) is 0 Å². The second-order valence-electron chi connectivity index (χ2n) is 4.81. The summed E-state index contributed by atoms with van der Waals surface area (Å²) in [5.41, 5.74) is 0.855. The fourth-order valence-electron chi connectivity index (χ4n) is 1.86. The Morgan fingerprint density at radius 2 is 1.95 bits per heavy atom. The molecule has 0 saturated heterocycles. The van der Waals surface area contributed by atoms with E-state index in [4.69, 9.17) is 4.74 Å². The van der Waals surface area contributed by atoms with Crippen LogP contribution in [-0.2, 0) is 4.79 Å². The summed E-state index contributed by atoms with van der Waals surface area (Å²) in [5, 5.41) is 13.9. The number of benzene rings is 1. The molecule has 0 atom stereocenters. The molecular weight excluding hydrogens is 280 g/mol. The van der Waals surface area contributed by atoms with E-state index in [0.29, 0.717) is 18.1 Å². The second kappa shape index (κ2) is 7.97. The number of ether oxygens (including phenoxy) is 1. The third-order valence-corrected chi connectivity index (χ3v) is 3.03. The lowest BCUT2D eigenvalue weighted by atomic mass is 10.2. The lowest BCUT2D eigenvalue weighted by molar-refractivity contribution is -0.116. The van der Waals surface area contributed by atoms with Gasteiger partial charge in [-0.25, -0.2) is 0 Å². The summed E-state index contributed by atoms with van der Waals surface area (Å²) in [5.74, 6) is 1.78. The maximum Gasteiger partial charge on any atom is 0.225 e. The molecule has 2 N–H and O–H groups in total. The zero-order valence-corrected chi connectivity index (χ0v) is 12.8. The molecule has 22 heavy (non-hydrogen) atoms. The average molecular weight is 300 g/mol. The molecule has 2 aromatic rings. The average Bonchev–Trinajstić information content (AvgIpc) is 2.55. The number of methoxy groups -OCH3 is 1. The van der Waals surface area contributed by atoms with Gasteiger partial charge in [0.1, 0.15) is 5.75 Å². The van der Waals surface area contributed by atoms with E-state index in [2.05, 4.69) is 20.8 Å². The van der Waals surface area contributed by atoms with E-state index in [1.165, 1.54) is 0 Å². The van der Waals surface area contributed by atoms with Gasteiger partial charge in [-0.15, -0.1) is 10.2 Å². The van der Waals surface area contributed by atoms with E-state index in [1.807, 2.05) is 31.2 Å². The molecule has 1 aromatic heterocycles. The molecule has 0 fully saturated rings. The first-order chi connectivity index (χ1) is 10.7. The Morgan fingerprint density at radius 1 is 1.18 bits per heavy atom. The number of unbranched alkanes of at least 4 members (excludes halogenated alkanes) is 1. The summed E-state index contributed by atoms with van der Waals surface area (Å²) in [6.07, 6.45) is 2.36. The Kier molecular flexibility index (Phi) is 5.71. The minimum atomic E-state index is -0.0374. The fraction of sp³-hybridized carbons (Fsp3) is 0.312. The number of aromatic nitrogens is 2. The standard InChI is InChI=1S/C16H20N4O2/c1-3-4-8-16(21)18-15-10-9-14(19-20-15)17-12-6-5-7-13(11-12)22-2/h5-7,9-11H,3-4,8H2,1-2H3,(H,17,19)(H,18,20,21). The molecule has 0 aliphatic carbocycles. The van der Waals surface area contributed by atoms with Crippen LogP contribution in [0.4, 0.5) is 17.3 Å². The van der Waals surface area contributed by atoms with Crippen molar-refractivity contribution < 1.29 is 9.53 Å². The molecule has 0 unspecified atom stereocenters. The van der Waals surface area contributed by atoms with Crippen molar-refractivity contribution in [3.05, 3.63) is 36.4 Å². The van der Waals surface area contributed by atoms with Crippen molar-refractivity contribution in [2.24, 2.45) is 0 Å². The number of rotatable bonds is 7. The van der Waals surface area contributed by atoms with Crippen molar-refractivity contribution in [1.82, 2.24) is 10.2 Å². The molecule has 6 nitrogen and oxygen atoms in total. The number of carbonyl (C=O) groups excluding carboxylic acids is 1. The first-order valence-electron chi connectivity index (χ1n) is 7.26. The van der Waals surface area contributed by atoms with E-state index in [-0.39, 0.29) is 5.91 Å². The maximum atomic E-state index is 11.6. The van der Waals surface area contributed by atoms with Crippen LogP contribution >= 0.6 is 0 Å². The lowest BCUT2D eigenvalue weighted by Crippen LogP contribution is -2.12. The predicted octanol–water partition coefficient (Wildman–Crippen LogP) is 3.36. The first-order valence-corrected chi connectivity index (χ1v) is 7.26. The predicted molar refractivity (Wildman–Crippen MR) is 86.5 cm³/mol. The van der Waals surface area contributed by atoms with Crippen molar-refractivity contribution in [2.75, 3.05) is 17.7 Å². The Hall–Kier alpha value is -2.63. The van der Waals surface area contributed by atoms with Crippen molar-refractivity contribution in [3.63, 3.8) is 0 Å². The highest BCUT2D eigenvalue weighted by Gasteiger charge is 2.04. The van der Waals surface area contributed by atoms with Gasteiger partial charge in [0.05, 0.1) is 7.11 Å². The number of nitrogens with zero attached hydrogens (tertiary/aromatic N) is 2. The highest BCUT2D eigenvalue weighted by molar-refractivity contribution is 5.89. The Morgan fingerprint density at radius 3 is 2.64 bits per heavy atom. The van der Waals surface area contributed by atoms with Crippen LogP contribution in [0, 0.1) is 0 Å². The molecule has 116 valence electrons. The van der Waals surface area contributed by atoms with Crippen molar-refractivity contribution in [3.8, 4) is 5.75 Å². The molecule has 1 amide bonds. The minimum absolute atomic E-state index is 0.0374. The Labute approximate surface area is 129 Å². The summed E-state index contributed by atoms with van der Waals surface area (Å²) >= 11 is 0. The normalized spacial score (nSPS) is 10.1. The number of anilines is 3. The monoisotopic (exact) mass is 300 g/mol. The molecule has 0 spiro atoms. The van der Waals surface area contributed by atoms with Gasteiger partial charge in [0.2, 0.25) is 5.91 Å². The van der Waals surface area contributed by atoms with Crippen LogP contribution in [0.15, 0.2) is 36.4 Å². The zero-order valence-electron chi connectivity index (χ0n) is 12.8. The summed E-state index contributed by atoms with van der Waals surface area (Å²) in [7, 11) is 1.62. The van der Waals surface area contributed by atoms with E-state index < -0.39 is 0 Å². The molecule has 1 heterocycles. The van der Waals surface area contributed by atoms with Gasteiger partial charge in [-0.1, -0.05) is 19.4 Å². The van der Waals surface area contributed by atoms with Gasteiger partial charge in [-0.05, 0) is 30.7 Å². The molecule has 1 aromatic carbocycles. The smallest absolute Gasteiger partial charge is 0.225 e. The number of nitrogens with one attached hydrogen (secondary N) is 2. The van der Waals surface area contributed by atoms with E-state index >= 15 is 0 Å². The highest BCUT2D eigenvalue weighted by atomic mass is 16.5. The van der Waals surface area contributed by atoms with Gasteiger partial charge in [0, 0.05) is 18.2 Å². The Balaban J connectivity index is 1.95. The largest absolute Gasteiger partial charge is 0.497 e. The van der Waals surface area contributed by atoms with Crippen LogP contribution in [0.5, 0.6) is 5.75 Å². The van der Waals surface area contributed by atoms with Crippen LogP contribution in [0.3, 0.4) is 0 Å². The van der Waals surface area contributed by atoms with Gasteiger partial charge < -0.3 is 15.4 Å². The van der Waals surface area contributed by atoms with Crippen LogP contribution in [0.1, 0.15) is 26.2 Å². The molecule has 2 rings (SSSR count). The van der Waals surface area contributed by atoms with Crippen molar-refractivity contribution in [1.29, 1.82) is 0 Å². The maximum absolute atomic E-state index is 11.6. The number of hydrogen-bond acceptors (Lipinski definition) is 5. The summed E-state index contributed by atoms with van der Waals surface area (Å²) in [4.78, 5) is 11.6. The highest BCUT2D eigenvalue weighted by Crippen LogP contribution is 2.20. The molecule has 0 aliphatic rings. The SMILES string of the molecule is CCCCC(=O)Nc1ccc(Nc2cccc(OC)c2)nn1. The number of carbonyl (C=O) groups is 1. The molecule has 0 aliphatic heterocycles.